The van der Waals surface area contributed by atoms with E-state index in [0.29, 0.717) is 11.3 Å². The summed E-state index contributed by atoms with van der Waals surface area (Å²) in [6.07, 6.45) is 0. The monoisotopic (exact) mass is 355 g/mol. The van der Waals surface area contributed by atoms with Gasteiger partial charge in [-0.3, -0.25) is 4.79 Å². The largest absolute Gasteiger partial charge is 0.497 e. The summed E-state index contributed by atoms with van der Waals surface area (Å²) in [7, 11) is 1.58. The van der Waals surface area contributed by atoms with Crippen LogP contribution in [0, 0.1) is 0 Å². The summed E-state index contributed by atoms with van der Waals surface area (Å²) in [5, 5.41) is 5.15. The standard InChI is InChI=1S/C18H14BrNO2/c1-22-15-8-9-17(19)16(11-15)18(21)20-14-7-6-12-4-2-3-5-13(12)10-14/h2-11H,1H3,(H,20,21). The van der Waals surface area contributed by atoms with E-state index in [9.17, 15) is 4.79 Å². The molecule has 0 aliphatic heterocycles. The Labute approximate surface area is 137 Å². The maximum atomic E-state index is 12.4. The van der Waals surface area contributed by atoms with Crippen molar-refractivity contribution in [2.45, 2.75) is 0 Å². The number of rotatable bonds is 3. The van der Waals surface area contributed by atoms with Gasteiger partial charge < -0.3 is 10.1 Å². The Balaban J connectivity index is 1.89. The molecule has 0 heterocycles. The van der Waals surface area contributed by atoms with E-state index in [2.05, 4.69) is 21.2 Å². The van der Waals surface area contributed by atoms with Crippen LogP contribution in [0.4, 0.5) is 5.69 Å². The van der Waals surface area contributed by atoms with Crippen LogP contribution < -0.4 is 10.1 Å². The van der Waals surface area contributed by atoms with Crippen LogP contribution in [-0.4, -0.2) is 13.0 Å². The number of methoxy groups -OCH3 is 1. The van der Waals surface area contributed by atoms with E-state index >= 15 is 0 Å². The molecule has 4 heteroatoms. The van der Waals surface area contributed by atoms with Crippen LogP contribution in [0.25, 0.3) is 10.8 Å². The average Bonchev–Trinajstić information content (AvgIpc) is 2.55. The maximum absolute atomic E-state index is 12.4. The zero-order valence-corrected chi connectivity index (χ0v) is 13.6. The van der Waals surface area contributed by atoms with Gasteiger partial charge in [-0.25, -0.2) is 0 Å². The number of fused-ring (bicyclic) bond motifs is 1. The zero-order valence-electron chi connectivity index (χ0n) is 12.0. The molecule has 22 heavy (non-hydrogen) atoms. The van der Waals surface area contributed by atoms with Crippen molar-refractivity contribution >= 4 is 38.3 Å². The first-order valence-electron chi connectivity index (χ1n) is 6.81. The molecule has 1 N–H and O–H groups in total. The Bertz CT molecular complexity index is 845. The first-order valence-corrected chi connectivity index (χ1v) is 7.60. The summed E-state index contributed by atoms with van der Waals surface area (Å²) >= 11 is 3.40. The fourth-order valence-electron chi connectivity index (χ4n) is 2.27. The van der Waals surface area contributed by atoms with Gasteiger partial charge in [0.15, 0.2) is 0 Å². The lowest BCUT2D eigenvalue weighted by molar-refractivity contribution is 0.102. The molecule has 3 rings (SSSR count). The SMILES string of the molecule is COc1ccc(Br)c(C(=O)Nc2ccc3ccccc3c2)c1. The van der Waals surface area contributed by atoms with Gasteiger partial charge in [0.2, 0.25) is 0 Å². The minimum Gasteiger partial charge on any atom is -0.497 e. The molecule has 0 unspecified atom stereocenters. The molecule has 0 fully saturated rings. The highest BCUT2D eigenvalue weighted by Gasteiger charge is 2.12. The van der Waals surface area contributed by atoms with E-state index in [0.717, 1.165) is 20.9 Å². The molecule has 3 nitrogen and oxygen atoms in total. The van der Waals surface area contributed by atoms with Gasteiger partial charge in [-0.1, -0.05) is 30.3 Å². The van der Waals surface area contributed by atoms with Crippen molar-refractivity contribution < 1.29 is 9.53 Å². The molecule has 3 aromatic carbocycles. The summed E-state index contributed by atoms with van der Waals surface area (Å²) in [5.74, 6) is 0.466. The minimum absolute atomic E-state index is 0.180. The molecule has 0 atom stereocenters. The number of benzene rings is 3. The number of carbonyl (C=O) groups excluding carboxylic acids is 1. The van der Waals surface area contributed by atoms with Crippen LogP contribution >= 0.6 is 15.9 Å². The highest BCUT2D eigenvalue weighted by atomic mass is 79.9. The number of hydrogen-bond donors (Lipinski definition) is 1. The highest BCUT2D eigenvalue weighted by molar-refractivity contribution is 9.10. The van der Waals surface area contributed by atoms with Crippen molar-refractivity contribution in [3.63, 3.8) is 0 Å². The molecule has 0 aliphatic rings. The lowest BCUT2D eigenvalue weighted by atomic mass is 10.1. The van der Waals surface area contributed by atoms with Gasteiger partial charge in [0.05, 0.1) is 12.7 Å². The normalized spacial score (nSPS) is 10.5. The molecule has 1 amide bonds. The molecule has 3 aromatic rings. The number of nitrogens with one attached hydrogen (secondary N) is 1. The highest BCUT2D eigenvalue weighted by Crippen LogP contribution is 2.24. The lowest BCUT2D eigenvalue weighted by Crippen LogP contribution is -2.12. The smallest absolute Gasteiger partial charge is 0.256 e. The predicted molar refractivity (Wildman–Crippen MR) is 92.6 cm³/mol. The Morgan fingerprint density at radius 1 is 1.00 bits per heavy atom. The topological polar surface area (TPSA) is 38.3 Å². The second kappa shape index (κ2) is 6.20. The van der Waals surface area contributed by atoms with Crippen LogP contribution in [0.1, 0.15) is 10.4 Å². The van der Waals surface area contributed by atoms with Crippen LogP contribution in [0.2, 0.25) is 0 Å². The number of carbonyl (C=O) groups is 1. The van der Waals surface area contributed by atoms with Gasteiger partial charge in [-0.15, -0.1) is 0 Å². The van der Waals surface area contributed by atoms with Crippen molar-refractivity contribution in [1.29, 1.82) is 0 Å². The van der Waals surface area contributed by atoms with E-state index in [1.54, 1.807) is 25.3 Å². The molecule has 0 aliphatic carbocycles. The first kappa shape index (κ1) is 14.6. The van der Waals surface area contributed by atoms with E-state index in [-0.39, 0.29) is 5.91 Å². The van der Waals surface area contributed by atoms with E-state index in [1.807, 2.05) is 42.5 Å². The number of ether oxygens (including phenoxy) is 1. The summed E-state index contributed by atoms with van der Waals surface area (Å²) in [5.41, 5.74) is 1.30. The fourth-order valence-corrected chi connectivity index (χ4v) is 2.70. The van der Waals surface area contributed by atoms with Crippen molar-refractivity contribution in [3.05, 3.63) is 70.7 Å². The van der Waals surface area contributed by atoms with Crippen molar-refractivity contribution in [2.75, 3.05) is 12.4 Å². The first-order chi connectivity index (χ1) is 10.7. The molecule has 0 radical (unpaired) electrons. The summed E-state index contributed by atoms with van der Waals surface area (Å²) in [4.78, 5) is 12.4. The summed E-state index contributed by atoms with van der Waals surface area (Å²) in [6, 6.07) is 19.2. The molecule has 0 spiro atoms. The van der Waals surface area contributed by atoms with Crippen LogP contribution in [0.3, 0.4) is 0 Å². The van der Waals surface area contributed by atoms with Crippen molar-refractivity contribution in [2.24, 2.45) is 0 Å². The third kappa shape index (κ3) is 2.97. The van der Waals surface area contributed by atoms with Crippen molar-refractivity contribution in [1.82, 2.24) is 0 Å². The minimum atomic E-state index is -0.180. The molecular formula is C18H14BrNO2. The molecular weight excluding hydrogens is 342 g/mol. The van der Waals surface area contributed by atoms with E-state index in [1.165, 1.54) is 0 Å². The second-order valence-electron chi connectivity index (χ2n) is 4.86. The van der Waals surface area contributed by atoms with E-state index < -0.39 is 0 Å². The molecule has 0 aromatic heterocycles. The average molecular weight is 356 g/mol. The molecule has 110 valence electrons. The number of anilines is 1. The van der Waals surface area contributed by atoms with Crippen LogP contribution in [0.5, 0.6) is 5.75 Å². The zero-order chi connectivity index (χ0) is 15.5. The number of hydrogen-bond acceptors (Lipinski definition) is 2. The van der Waals surface area contributed by atoms with Gasteiger partial charge in [0.1, 0.15) is 5.75 Å². The Morgan fingerprint density at radius 2 is 1.77 bits per heavy atom. The van der Waals surface area contributed by atoms with Gasteiger partial charge in [-0.2, -0.15) is 0 Å². The third-order valence-electron chi connectivity index (χ3n) is 3.43. The lowest BCUT2D eigenvalue weighted by Gasteiger charge is -2.09. The summed E-state index contributed by atoms with van der Waals surface area (Å²) < 4.78 is 5.90. The van der Waals surface area contributed by atoms with Gasteiger partial charge in [0.25, 0.3) is 5.91 Å². The Kier molecular flexibility index (Phi) is 4.11. The van der Waals surface area contributed by atoms with Crippen LogP contribution in [-0.2, 0) is 0 Å². The molecule has 0 bridgehead atoms. The Morgan fingerprint density at radius 3 is 2.55 bits per heavy atom. The number of amides is 1. The van der Waals surface area contributed by atoms with Gasteiger partial charge in [0, 0.05) is 10.2 Å². The molecule has 0 saturated heterocycles. The number of halogens is 1. The second-order valence-corrected chi connectivity index (χ2v) is 5.72. The fraction of sp³-hybridized carbons (Fsp3) is 0.0556. The molecule has 0 saturated carbocycles. The maximum Gasteiger partial charge on any atom is 0.256 e. The third-order valence-corrected chi connectivity index (χ3v) is 4.12. The van der Waals surface area contributed by atoms with Gasteiger partial charge >= 0.3 is 0 Å². The van der Waals surface area contributed by atoms with Gasteiger partial charge in [-0.05, 0) is 57.0 Å². The predicted octanol–water partition coefficient (Wildman–Crippen LogP) is 4.86. The van der Waals surface area contributed by atoms with E-state index in [4.69, 9.17) is 4.74 Å². The van der Waals surface area contributed by atoms with Crippen LogP contribution in [0.15, 0.2) is 65.1 Å². The summed E-state index contributed by atoms with van der Waals surface area (Å²) in [6.45, 7) is 0. The quantitative estimate of drug-likeness (QED) is 0.728. The Hall–Kier alpha value is -2.33. The van der Waals surface area contributed by atoms with Crippen molar-refractivity contribution in [3.8, 4) is 5.75 Å².